The molecule has 1 fully saturated rings. The van der Waals surface area contributed by atoms with Crippen molar-refractivity contribution in [1.29, 1.82) is 0 Å². The maximum Gasteiger partial charge on any atom is 0.252 e. The van der Waals surface area contributed by atoms with E-state index in [0.717, 1.165) is 49.2 Å². The number of rotatable bonds is 1. The maximum absolute atomic E-state index is 13.1. The van der Waals surface area contributed by atoms with Crippen molar-refractivity contribution in [3.63, 3.8) is 0 Å². The quantitative estimate of drug-likeness (QED) is 0.319. The molecule has 33 heavy (non-hydrogen) atoms. The lowest BCUT2D eigenvalue weighted by molar-refractivity contribution is -0.182. The molecule has 4 N–H and O–H groups in total. The number of aliphatic hydroxyl groups excluding tert-OH is 2. The lowest BCUT2D eigenvalue weighted by atomic mass is 9.97. The summed E-state index contributed by atoms with van der Waals surface area (Å²) in [6.07, 6.45) is -2.59. The lowest BCUT2D eigenvalue weighted by Crippen LogP contribution is -2.45. The number of hydrogen-bond acceptors (Lipinski definition) is 4. The molecule has 166 valence electrons. The van der Waals surface area contributed by atoms with Gasteiger partial charge in [-0.15, -0.1) is 0 Å². The van der Waals surface area contributed by atoms with E-state index in [1.165, 1.54) is 0 Å². The predicted molar refractivity (Wildman–Crippen MR) is 126 cm³/mol. The van der Waals surface area contributed by atoms with Crippen LogP contribution in [0, 0.1) is 0 Å². The third kappa shape index (κ3) is 2.41. The number of para-hydroxylation sites is 2. The van der Waals surface area contributed by atoms with Gasteiger partial charge < -0.3 is 29.8 Å². The number of amides is 1. The van der Waals surface area contributed by atoms with Crippen LogP contribution in [-0.4, -0.2) is 44.0 Å². The molecule has 2 aromatic heterocycles. The zero-order chi connectivity index (χ0) is 22.4. The molecule has 1 amide bonds. The molecular weight excluding hydrogens is 418 g/mol. The van der Waals surface area contributed by atoms with Crippen molar-refractivity contribution < 1.29 is 19.7 Å². The van der Waals surface area contributed by atoms with Gasteiger partial charge in [0.05, 0.1) is 34.3 Å². The number of benzene rings is 3. The minimum atomic E-state index is -0.933. The van der Waals surface area contributed by atoms with Crippen molar-refractivity contribution in [1.82, 2.24) is 14.9 Å². The summed E-state index contributed by atoms with van der Waals surface area (Å²) in [5, 5.41) is 27.9. The number of H-pyrrole nitrogens is 1. The molecule has 3 aromatic carbocycles. The first kappa shape index (κ1) is 19.1. The summed E-state index contributed by atoms with van der Waals surface area (Å²) in [5.74, 6) is -0.0709. The number of aromatic nitrogens is 2. The van der Waals surface area contributed by atoms with Crippen molar-refractivity contribution in [2.45, 2.75) is 44.4 Å². The smallest absolute Gasteiger partial charge is 0.252 e. The molecule has 0 bridgehead atoms. The van der Waals surface area contributed by atoms with Crippen molar-refractivity contribution in [2.24, 2.45) is 0 Å². The Hall–Kier alpha value is -3.39. The fraction of sp³-hybridized carbons (Fsp3) is 0.269. The summed E-state index contributed by atoms with van der Waals surface area (Å²) < 4.78 is 8.33. The molecule has 2 aliphatic rings. The first-order valence-electron chi connectivity index (χ1n) is 11.3. The highest BCUT2D eigenvalue weighted by atomic mass is 16.5. The second kappa shape index (κ2) is 6.57. The highest BCUT2D eigenvalue weighted by Crippen LogP contribution is 2.45. The summed E-state index contributed by atoms with van der Waals surface area (Å²) in [5.41, 5.74) is 5.50. The van der Waals surface area contributed by atoms with Crippen molar-refractivity contribution >= 4 is 49.5 Å². The molecule has 1 saturated heterocycles. The zero-order valence-corrected chi connectivity index (χ0v) is 18.0. The van der Waals surface area contributed by atoms with Crippen LogP contribution in [0.3, 0.4) is 0 Å². The molecule has 4 heterocycles. The van der Waals surface area contributed by atoms with Crippen LogP contribution in [0.15, 0.2) is 48.5 Å². The Morgan fingerprint density at radius 2 is 1.79 bits per heavy atom. The Morgan fingerprint density at radius 1 is 1.03 bits per heavy atom. The van der Waals surface area contributed by atoms with Gasteiger partial charge in [0.15, 0.2) is 0 Å². The number of carbonyl (C=O) groups is 1. The largest absolute Gasteiger partial charge is 0.390 e. The fourth-order valence-corrected chi connectivity index (χ4v) is 5.86. The molecule has 7 rings (SSSR count). The number of ether oxygens (including phenoxy) is 1. The summed E-state index contributed by atoms with van der Waals surface area (Å²) >= 11 is 0. The number of hydrogen-bond donors (Lipinski definition) is 4. The molecule has 0 aliphatic carbocycles. The van der Waals surface area contributed by atoms with Crippen LogP contribution in [0.5, 0.6) is 0 Å². The van der Waals surface area contributed by atoms with E-state index in [1.807, 2.05) is 42.5 Å². The maximum atomic E-state index is 13.1. The Kier molecular flexibility index (Phi) is 3.81. The minimum absolute atomic E-state index is 0.0709. The zero-order valence-electron chi connectivity index (χ0n) is 18.0. The molecule has 0 saturated carbocycles. The summed E-state index contributed by atoms with van der Waals surface area (Å²) in [7, 11) is 0. The van der Waals surface area contributed by atoms with Gasteiger partial charge in [0.25, 0.3) is 5.91 Å². The second-order valence-corrected chi connectivity index (χ2v) is 9.16. The van der Waals surface area contributed by atoms with E-state index in [1.54, 1.807) is 6.92 Å². The predicted octanol–water partition coefficient (Wildman–Crippen LogP) is 3.70. The van der Waals surface area contributed by atoms with Gasteiger partial charge in [0, 0.05) is 40.0 Å². The Morgan fingerprint density at radius 3 is 2.61 bits per heavy atom. The number of carbonyl (C=O) groups excluding carboxylic acids is 1. The number of nitrogens with one attached hydrogen (secondary N) is 2. The van der Waals surface area contributed by atoms with Crippen LogP contribution in [0.2, 0.25) is 0 Å². The van der Waals surface area contributed by atoms with Crippen LogP contribution < -0.4 is 5.32 Å². The molecule has 5 aromatic rings. The van der Waals surface area contributed by atoms with Gasteiger partial charge in [-0.2, -0.15) is 0 Å². The van der Waals surface area contributed by atoms with E-state index in [2.05, 4.69) is 20.9 Å². The van der Waals surface area contributed by atoms with Crippen molar-refractivity contribution in [2.75, 3.05) is 0 Å². The standard InChI is InChI=1S/C26H23N3O4/c1-12-25(31)18(30)10-19(33-12)29-17-9-5-3-7-14(17)21-22-15(11-27-26(22)32)20-13-6-2-4-8-16(13)28-23(20)24(21)29/h2-9,12,18-19,25,28,30-31H,10-11H2,1H3,(H,27,32)/t12?,18-,19+,25-/m1/s1. The molecule has 0 radical (unpaired) electrons. The second-order valence-electron chi connectivity index (χ2n) is 9.16. The van der Waals surface area contributed by atoms with E-state index in [0.29, 0.717) is 12.1 Å². The average Bonchev–Trinajstić information content (AvgIpc) is 3.48. The lowest BCUT2D eigenvalue weighted by Gasteiger charge is -2.36. The normalized spacial score (nSPS) is 25.4. The first-order valence-corrected chi connectivity index (χ1v) is 11.3. The van der Waals surface area contributed by atoms with Crippen molar-refractivity contribution in [3.05, 3.63) is 59.7 Å². The average molecular weight is 441 g/mol. The Bertz CT molecular complexity index is 1600. The van der Waals surface area contributed by atoms with E-state index in [-0.39, 0.29) is 12.3 Å². The van der Waals surface area contributed by atoms with Gasteiger partial charge in [-0.05, 0) is 24.6 Å². The highest BCUT2D eigenvalue weighted by Gasteiger charge is 2.38. The van der Waals surface area contributed by atoms with Gasteiger partial charge in [0.2, 0.25) is 0 Å². The van der Waals surface area contributed by atoms with Gasteiger partial charge in [-0.1, -0.05) is 36.4 Å². The topological polar surface area (TPSA) is 99.5 Å². The van der Waals surface area contributed by atoms with E-state index in [9.17, 15) is 15.0 Å². The van der Waals surface area contributed by atoms with Gasteiger partial charge >= 0.3 is 0 Å². The van der Waals surface area contributed by atoms with Crippen LogP contribution in [0.25, 0.3) is 43.6 Å². The van der Waals surface area contributed by atoms with E-state index < -0.39 is 24.5 Å². The molecule has 7 heteroatoms. The number of aromatic amines is 1. The van der Waals surface area contributed by atoms with Gasteiger partial charge in [-0.25, -0.2) is 0 Å². The summed E-state index contributed by atoms with van der Waals surface area (Å²) in [6.45, 7) is 2.27. The number of nitrogens with zero attached hydrogens (tertiary/aromatic N) is 1. The fourth-order valence-electron chi connectivity index (χ4n) is 5.86. The number of fused-ring (bicyclic) bond motifs is 10. The molecular formula is C26H23N3O4. The third-order valence-electron chi connectivity index (χ3n) is 7.34. The SMILES string of the molecule is CC1O[C@H](n2c3ccccc3c3c4c(c5c6ccccc6[nH]c5c32)CNC4=O)C[C@@H](O)[C@@H]1O. The van der Waals surface area contributed by atoms with Crippen LogP contribution in [0.4, 0.5) is 0 Å². The Labute approximate surface area is 188 Å². The molecule has 2 aliphatic heterocycles. The Balaban J connectivity index is 1.69. The number of aliphatic hydroxyl groups is 2. The van der Waals surface area contributed by atoms with Gasteiger partial charge in [-0.3, -0.25) is 4.79 Å². The van der Waals surface area contributed by atoms with Crippen LogP contribution in [-0.2, 0) is 11.3 Å². The summed E-state index contributed by atoms with van der Waals surface area (Å²) in [6, 6.07) is 16.1. The molecule has 1 unspecified atom stereocenters. The third-order valence-corrected chi connectivity index (χ3v) is 7.34. The first-order chi connectivity index (χ1) is 16.0. The molecule has 7 nitrogen and oxygen atoms in total. The monoisotopic (exact) mass is 441 g/mol. The van der Waals surface area contributed by atoms with E-state index >= 15 is 0 Å². The van der Waals surface area contributed by atoms with Crippen LogP contribution in [0.1, 0.15) is 35.5 Å². The van der Waals surface area contributed by atoms with Crippen molar-refractivity contribution in [3.8, 4) is 0 Å². The summed E-state index contributed by atoms with van der Waals surface area (Å²) in [4.78, 5) is 16.7. The van der Waals surface area contributed by atoms with Crippen LogP contribution >= 0.6 is 0 Å². The van der Waals surface area contributed by atoms with Gasteiger partial charge in [0.1, 0.15) is 12.3 Å². The highest BCUT2D eigenvalue weighted by molar-refractivity contribution is 6.30. The molecule has 4 atom stereocenters. The minimum Gasteiger partial charge on any atom is -0.390 e. The van der Waals surface area contributed by atoms with E-state index in [4.69, 9.17) is 4.74 Å². The molecule has 0 spiro atoms.